The number of fused-ring (bicyclic) bond motifs is 1. The highest BCUT2D eigenvalue weighted by Crippen LogP contribution is 2.31. The Hall–Kier alpha value is -1.98. The molecule has 24 heavy (non-hydrogen) atoms. The maximum atomic E-state index is 12.6. The molecule has 2 amide bonds. The second kappa shape index (κ2) is 7.28. The molecule has 6 heteroatoms. The Balaban J connectivity index is 1.76. The number of halogens is 1. The quantitative estimate of drug-likeness (QED) is 0.898. The minimum atomic E-state index is -0.0868. The fraction of sp³-hybridized carbons (Fsp3) is 0.222. The van der Waals surface area contributed by atoms with Crippen LogP contribution < -0.4 is 5.32 Å². The predicted octanol–water partition coefficient (Wildman–Crippen LogP) is 4.05. The topological polar surface area (TPSA) is 49.4 Å². The number of carbonyl (C=O) groups is 2. The van der Waals surface area contributed by atoms with Gasteiger partial charge in [-0.2, -0.15) is 0 Å². The van der Waals surface area contributed by atoms with Crippen LogP contribution in [0, 0.1) is 0 Å². The zero-order valence-corrected chi connectivity index (χ0v) is 14.8. The van der Waals surface area contributed by atoms with E-state index in [9.17, 15) is 9.59 Å². The van der Waals surface area contributed by atoms with Crippen molar-refractivity contribution < 1.29 is 9.59 Å². The third-order valence-electron chi connectivity index (χ3n) is 3.77. The van der Waals surface area contributed by atoms with Crippen molar-refractivity contribution in [2.24, 2.45) is 0 Å². The van der Waals surface area contributed by atoms with Gasteiger partial charge < -0.3 is 10.2 Å². The van der Waals surface area contributed by atoms with E-state index in [2.05, 4.69) is 5.32 Å². The zero-order valence-electron chi connectivity index (χ0n) is 13.2. The minimum absolute atomic E-state index is 0.0135. The highest BCUT2D eigenvalue weighted by Gasteiger charge is 2.17. The molecule has 0 bridgehead atoms. The largest absolute Gasteiger partial charge is 0.337 e. The first-order valence-corrected chi connectivity index (χ1v) is 8.96. The van der Waals surface area contributed by atoms with E-state index in [4.69, 9.17) is 11.6 Å². The number of carbonyl (C=O) groups excluding carboxylic acids is 2. The first-order chi connectivity index (χ1) is 11.5. The Morgan fingerprint density at radius 2 is 2.00 bits per heavy atom. The average Bonchev–Trinajstić information content (AvgIpc) is 2.76. The standard InChI is InChI=1S/C18H17ClN2O2S/c1-21(11-12-2-5-14(19)6-3-12)18(23)13-4-7-16-15(10-13)20-17(22)8-9-24-16/h2-7,10H,8-9,11H2,1H3,(H,20,22). The summed E-state index contributed by atoms with van der Waals surface area (Å²) in [5, 5.41) is 3.54. The SMILES string of the molecule is CN(Cc1ccc(Cl)cc1)C(=O)c1ccc2c(c1)NC(=O)CCS2. The van der Waals surface area contributed by atoms with Crippen LogP contribution in [0.3, 0.4) is 0 Å². The minimum Gasteiger partial charge on any atom is -0.337 e. The molecular formula is C18H17ClN2O2S. The third kappa shape index (κ3) is 3.91. The van der Waals surface area contributed by atoms with Crippen LogP contribution in [0.4, 0.5) is 5.69 Å². The van der Waals surface area contributed by atoms with E-state index in [1.807, 2.05) is 36.4 Å². The Morgan fingerprint density at radius 1 is 1.25 bits per heavy atom. The van der Waals surface area contributed by atoms with Gasteiger partial charge in [-0.1, -0.05) is 23.7 Å². The number of nitrogens with zero attached hydrogens (tertiary/aromatic N) is 1. The Morgan fingerprint density at radius 3 is 2.75 bits per heavy atom. The van der Waals surface area contributed by atoms with Gasteiger partial charge in [-0.25, -0.2) is 0 Å². The van der Waals surface area contributed by atoms with E-state index in [0.29, 0.717) is 29.2 Å². The molecule has 0 fully saturated rings. The summed E-state index contributed by atoms with van der Waals surface area (Å²) in [4.78, 5) is 27.0. The van der Waals surface area contributed by atoms with Crippen molar-refractivity contribution >= 4 is 40.9 Å². The van der Waals surface area contributed by atoms with E-state index in [1.54, 1.807) is 29.8 Å². The van der Waals surface area contributed by atoms with Crippen LogP contribution in [0.5, 0.6) is 0 Å². The number of benzene rings is 2. The lowest BCUT2D eigenvalue weighted by atomic mass is 10.1. The van der Waals surface area contributed by atoms with Gasteiger partial charge in [0.15, 0.2) is 0 Å². The Labute approximate surface area is 150 Å². The second-order valence-corrected chi connectivity index (χ2v) is 7.22. The third-order valence-corrected chi connectivity index (χ3v) is 5.09. The summed E-state index contributed by atoms with van der Waals surface area (Å²) in [6, 6.07) is 12.9. The molecule has 1 aliphatic rings. The van der Waals surface area contributed by atoms with Crippen LogP contribution in [0.1, 0.15) is 22.3 Å². The lowest BCUT2D eigenvalue weighted by molar-refractivity contribution is -0.115. The lowest BCUT2D eigenvalue weighted by Gasteiger charge is -2.18. The normalized spacial score (nSPS) is 13.7. The second-order valence-electron chi connectivity index (χ2n) is 5.65. The molecule has 0 radical (unpaired) electrons. The molecule has 124 valence electrons. The van der Waals surface area contributed by atoms with E-state index < -0.39 is 0 Å². The van der Waals surface area contributed by atoms with E-state index in [-0.39, 0.29) is 11.8 Å². The van der Waals surface area contributed by atoms with Gasteiger partial charge in [0.2, 0.25) is 5.91 Å². The van der Waals surface area contributed by atoms with Crippen LogP contribution in [0.15, 0.2) is 47.4 Å². The van der Waals surface area contributed by atoms with Crippen molar-refractivity contribution in [3.8, 4) is 0 Å². The summed E-state index contributed by atoms with van der Waals surface area (Å²) in [6.45, 7) is 0.494. The van der Waals surface area contributed by atoms with Gasteiger partial charge in [0.05, 0.1) is 5.69 Å². The smallest absolute Gasteiger partial charge is 0.253 e. The number of rotatable bonds is 3. The van der Waals surface area contributed by atoms with Crippen LogP contribution in [0.2, 0.25) is 5.02 Å². The molecular weight excluding hydrogens is 344 g/mol. The molecule has 0 atom stereocenters. The van der Waals surface area contributed by atoms with Crippen molar-refractivity contribution in [3.63, 3.8) is 0 Å². The summed E-state index contributed by atoms with van der Waals surface area (Å²) in [6.07, 6.45) is 0.485. The predicted molar refractivity (Wildman–Crippen MR) is 97.7 cm³/mol. The van der Waals surface area contributed by atoms with Crippen molar-refractivity contribution in [1.82, 2.24) is 4.90 Å². The molecule has 2 aromatic carbocycles. The van der Waals surface area contributed by atoms with Gasteiger partial charge in [-0.05, 0) is 35.9 Å². The summed E-state index contributed by atoms with van der Waals surface area (Å²) < 4.78 is 0. The van der Waals surface area contributed by atoms with E-state index in [0.717, 1.165) is 16.2 Å². The first kappa shape index (κ1) is 16.9. The van der Waals surface area contributed by atoms with Gasteiger partial charge in [0.1, 0.15) is 0 Å². The van der Waals surface area contributed by atoms with E-state index in [1.165, 1.54) is 0 Å². The van der Waals surface area contributed by atoms with Gasteiger partial charge in [-0.15, -0.1) is 11.8 Å². The molecule has 0 aromatic heterocycles. The summed E-state index contributed by atoms with van der Waals surface area (Å²) in [5.74, 6) is 0.652. The number of hydrogen-bond donors (Lipinski definition) is 1. The van der Waals surface area contributed by atoms with Crippen molar-refractivity contribution in [2.45, 2.75) is 17.9 Å². The molecule has 4 nitrogen and oxygen atoms in total. The molecule has 0 spiro atoms. The summed E-state index contributed by atoms with van der Waals surface area (Å²) >= 11 is 7.51. The van der Waals surface area contributed by atoms with Crippen molar-refractivity contribution in [1.29, 1.82) is 0 Å². The number of anilines is 1. The van der Waals surface area contributed by atoms with Crippen LogP contribution in [-0.2, 0) is 11.3 Å². The number of hydrogen-bond acceptors (Lipinski definition) is 3. The highest BCUT2D eigenvalue weighted by atomic mass is 35.5. The van der Waals surface area contributed by atoms with E-state index >= 15 is 0 Å². The van der Waals surface area contributed by atoms with Gasteiger partial charge in [-0.3, -0.25) is 9.59 Å². The monoisotopic (exact) mass is 360 g/mol. The number of amides is 2. The van der Waals surface area contributed by atoms with Gasteiger partial charge >= 0.3 is 0 Å². The molecule has 0 saturated heterocycles. The molecule has 0 saturated carbocycles. The molecule has 1 N–H and O–H groups in total. The van der Waals surface area contributed by atoms with Gasteiger partial charge in [0.25, 0.3) is 5.91 Å². The lowest BCUT2D eigenvalue weighted by Crippen LogP contribution is -2.26. The number of thioether (sulfide) groups is 1. The van der Waals surface area contributed by atoms with Crippen LogP contribution >= 0.6 is 23.4 Å². The maximum absolute atomic E-state index is 12.6. The Kier molecular flexibility index (Phi) is 5.11. The average molecular weight is 361 g/mol. The number of nitrogens with one attached hydrogen (secondary N) is 1. The molecule has 1 aliphatic heterocycles. The Bertz CT molecular complexity index is 777. The fourth-order valence-corrected chi connectivity index (χ4v) is 3.57. The maximum Gasteiger partial charge on any atom is 0.253 e. The van der Waals surface area contributed by atoms with Crippen LogP contribution in [-0.4, -0.2) is 29.5 Å². The van der Waals surface area contributed by atoms with Crippen LogP contribution in [0.25, 0.3) is 0 Å². The summed E-state index contributed by atoms with van der Waals surface area (Å²) in [5.41, 5.74) is 2.29. The van der Waals surface area contributed by atoms with Gasteiger partial charge in [0, 0.05) is 41.2 Å². The molecule has 0 unspecified atom stereocenters. The van der Waals surface area contributed by atoms with Crippen molar-refractivity contribution in [3.05, 3.63) is 58.6 Å². The first-order valence-electron chi connectivity index (χ1n) is 7.59. The van der Waals surface area contributed by atoms with Crippen molar-refractivity contribution in [2.75, 3.05) is 18.1 Å². The fourth-order valence-electron chi connectivity index (χ4n) is 2.51. The molecule has 3 rings (SSSR count). The highest BCUT2D eigenvalue weighted by molar-refractivity contribution is 7.99. The summed E-state index contributed by atoms with van der Waals surface area (Å²) in [7, 11) is 1.76. The molecule has 0 aliphatic carbocycles. The molecule has 1 heterocycles. The zero-order chi connectivity index (χ0) is 17.1. The molecule has 2 aromatic rings.